The van der Waals surface area contributed by atoms with Gasteiger partial charge in [-0.05, 0) is 0 Å². The lowest BCUT2D eigenvalue weighted by atomic mass is 10.2. The SMILES string of the molecule is CN(C)C(=O)NCCNC(=O)N1CCOCC1C(=O)O. The number of morpholine rings is 1. The van der Waals surface area contributed by atoms with Crippen molar-refractivity contribution in [2.75, 3.05) is 46.9 Å². The van der Waals surface area contributed by atoms with Crippen LogP contribution in [0.5, 0.6) is 0 Å². The van der Waals surface area contributed by atoms with Crippen LogP contribution in [-0.4, -0.2) is 85.9 Å². The smallest absolute Gasteiger partial charge is 0.328 e. The van der Waals surface area contributed by atoms with Gasteiger partial charge < -0.3 is 30.3 Å². The van der Waals surface area contributed by atoms with Crippen molar-refractivity contribution >= 4 is 18.0 Å². The van der Waals surface area contributed by atoms with E-state index in [0.717, 1.165) is 0 Å². The van der Waals surface area contributed by atoms with Gasteiger partial charge in [-0.25, -0.2) is 14.4 Å². The van der Waals surface area contributed by atoms with Gasteiger partial charge >= 0.3 is 18.0 Å². The Bertz CT molecular complexity index is 374. The number of aliphatic carboxylic acids is 1. The van der Waals surface area contributed by atoms with Crippen LogP contribution in [0.25, 0.3) is 0 Å². The van der Waals surface area contributed by atoms with E-state index in [-0.39, 0.29) is 32.3 Å². The van der Waals surface area contributed by atoms with E-state index in [4.69, 9.17) is 9.84 Å². The van der Waals surface area contributed by atoms with E-state index in [1.54, 1.807) is 14.1 Å². The lowest BCUT2D eigenvalue weighted by molar-refractivity contribution is -0.147. The molecule has 0 aromatic heterocycles. The summed E-state index contributed by atoms with van der Waals surface area (Å²) in [6.45, 7) is 1.02. The molecule has 1 rings (SSSR count). The van der Waals surface area contributed by atoms with Gasteiger partial charge in [-0.3, -0.25) is 0 Å². The molecule has 0 spiro atoms. The highest BCUT2D eigenvalue weighted by molar-refractivity contribution is 5.83. The van der Waals surface area contributed by atoms with Crippen LogP contribution in [0.15, 0.2) is 0 Å². The van der Waals surface area contributed by atoms with Crippen LogP contribution in [0.2, 0.25) is 0 Å². The molecule has 0 aromatic rings. The third-order valence-electron chi connectivity index (χ3n) is 2.76. The first-order valence-electron chi connectivity index (χ1n) is 6.23. The zero-order valence-corrected chi connectivity index (χ0v) is 11.6. The van der Waals surface area contributed by atoms with E-state index in [1.807, 2.05) is 0 Å². The summed E-state index contributed by atoms with van der Waals surface area (Å²) in [4.78, 5) is 36.7. The number of carbonyl (C=O) groups excluding carboxylic acids is 2. The van der Waals surface area contributed by atoms with Crippen LogP contribution >= 0.6 is 0 Å². The largest absolute Gasteiger partial charge is 0.480 e. The number of rotatable bonds is 4. The summed E-state index contributed by atoms with van der Waals surface area (Å²) in [6, 6.07) is -1.70. The van der Waals surface area contributed by atoms with Crippen molar-refractivity contribution in [2.24, 2.45) is 0 Å². The van der Waals surface area contributed by atoms with E-state index in [9.17, 15) is 14.4 Å². The number of hydrogen-bond donors (Lipinski definition) is 3. The molecule has 0 saturated carbocycles. The first-order valence-corrected chi connectivity index (χ1v) is 6.23. The van der Waals surface area contributed by atoms with E-state index < -0.39 is 18.0 Å². The predicted molar refractivity (Wildman–Crippen MR) is 69.4 cm³/mol. The second-order valence-electron chi connectivity index (χ2n) is 4.48. The fourth-order valence-corrected chi connectivity index (χ4v) is 1.65. The van der Waals surface area contributed by atoms with E-state index >= 15 is 0 Å². The molecule has 20 heavy (non-hydrogen) atoms. The lowest BCUT2D eigenvalue weighted by Crippen LogP contribution is -2.56. The van der Waals surface area contributed by atoms with Gasteiger partial charge in [-0.1, -0.05) is 0 Å². The Morgan fingerprint density at radius 2 is 1.95 bits per heavy atom. The molecule has 4 amide bonds. The number of hydrogen-bond acceptors (Lipinski definition) is 4. The van der Waals surface area contributed by atoms with Crippen molar-refractivity contribution in [3.8, 4) is 0 Å². The summed E-state index contributed by atoms with van der Waals surface area (Å²) >= 11 is 0. The van der Waals surface area contributed by atoms with Gasteiger partial charge in [0.25, 0.3) is 0 Å². The minimum absolute atomic E-state index is 0.0138. The molecule has 1 unspecified atom stereocenters. The van der Waals surface area contributed by atoms with Gasteiger partial charge in [0.1, 0.15) is 0 Å². The molecule has 0 bridgehead atoms. The maximum atomic E-state index is 11.9. The molecule has 1 saturated heterocycles. The fourth-order valence-electron chi connectivity index (χ4n) is 1.65. The van der Waals surface area contributed by atoms with Gasteiger partial charge in [0.15, 0.2) is 6.04 Å². The molecular weight excluding hydrogens is 268 g/mol. The van der Waals surface area contributed by atoms with Crippen LogP contribution in [0.1, 0.15) is 0 Å². The topological polar surface area (TPSA) is 111 Å². The zero-order valence-electron chi connectivity index (χ0n) is 11.6. The van der Waals surface area contributed by atoms with Gasteiger partial charge in [0.05, 0.1) is 13.2 Å². The van der Waals surface area contributed by atoms with Gasteiger partial charge in [0, 0.05) is 33.7 Å². The fraction of sp³-hybridized carbons (Fsp3) is 0.727. The highest BCUT2D eigenvalue weighted by atomic mass is 16.5. The zero-order chi connectivity index (χ0) is 15.1. The standard InChI is InChI=1S/C11H20N4O5/c1-14(2)10(18)12-3-4-13-11(19)15-5-6-20-7-8(15)9(16)17/h8H,3-7H2,1-2H3,(H,12,18)(H,13,19)(H,16,17). The Balaban J connectivity index is 2.34. The minimum Gasteiger partial charge on any atom is -0.480 e. The molecule has 0 radical (unpaired) electrons. The Hall–Kier alpha value is -2.03. The molecule has 9 heteroatoms. The Morgan fingerprint density at radius 1 is 1.30 bits per heavy atom. The second kappa shape index (κ2) is 7.53. The van der Waals surface area contributed by atoms with Crippen molar-refractivity contribution in [1.82, 2.24) is 20.4 Å². The van der Waals surface area contributed by atoms with Crippen LogP contribution in [0.3, 0.4) is 0 Å². The minimum atomic E-state index is -1.10. The number of carboxylic acids is 1. The number of urea groups is 2. The Labute approximate surface area is 116 Å². The summed E-state index contributed by atoms with van der Waals surface area (Å²) in [6.07, 6.45) is 0. The summed E-state index contributed by atoms with van der Waals surface area (Å²) in [5.74, 6) is -1.10. The van der Waals surface area contributed by atoms with E-state index in [2.05, 4.69) is 10.6 Å². The summed E-state index contributed by atoms with van der Waals surface area (Å²) in [5.41, 5.74) is 0. The van der Waals surface area contributed by atoms with Crippen molar-refractivity contribution < 1.29 is 24.2 Å². The van der Waals surface area contributed by atoms with Crippen LogP contribution in [0.4, 0.5) is 9.59 Å². The predicted octanol–water partition coefficient (Wildman–Crippen LogP) is -1.25. The highest BCUT2D eigenvalue weighted by Gasteiger charge is 2.32. The number of ether oxygens (including phenoxy) is 1. The molecule has 0 aliphatic carbocycles. The molecule has 114 valence electrons. The van der Waals surface area contributed by atoms with E-state index in [0.29, 0.717) is 6.61 Å². The lowest BCUT2D eigenvalue weighted by Gasteiger charge is -2.32. The average Bonchev–Trinajstić information content (AvgIpc) is 2.42. The molecule has 3 N–H and O–H groups in total. The Morgan fingerprint density at radius 3 is 2.55 bits per heavy atom. The van der Waals surface area contributed by atoms with Crippen molar-refractivity contribution in [3.05, 3.63) is 0 Å². The number of nitrogens with zero attached hydrogens (tertiary/aromatic N) is 2. The molecule has 1 atom stereocenters. The quantitative estimate of drug-likeness (QED) is 0.560. The first kappa shape index (κ1) is 16.0. The molecule has 9 nitrogen and oxygen atoms in total. The molecule has 1 aliphatic heterocycles. The normalized spacial score (nSPS) is 18.3. The van der Waals surface area contributed by atoms with Crippen molar-refractivity contribution in [2.45, 2.75) is 6.04 Å². The summed E-state index contributed by atoms with van der Waals surface area (Å²) < 4.78 is 5.04. The second-order valence-corrected chi connectivity index (χ2v) is 4.48. The van der Waals surface area contributed by atoms with E-state index in [1.165, 1.54) is 9.80 Å². The van der Waals surface area contributed by atoms with Crippen molar-refractivity contribution in [3.63, 3.8) is 0 Å². The number of carboxylic acid groups (broad SMARTS) is 1. The molecule has 0 aromatic carbocycles. The monoisotopic (exact) mass is 288 g/mol. The van der Waals surface area contributed by atoms with Crippen molar-refractivity contribution in [1.29, 1.82) is 0 Å². The molecular formula is C11H20N4O5. The van der Waals surface area contributed by atoms with Gasteiger partial charge in [-0.2, -0.15) is 0 Å². The molecule has 1 aliphatic rings. The number of carbonyl (C=O) groups is 3. The molecule has 1 heterocycles. The third kappa shape index (κ3) is 4.57. The van der Waals surface area contributed by atoms with Crippen LogP contribution in [-0.2, 0) is 9.53 Å². The van der Waals surface area contributed by atoms with Crippen LogP contribution in [0, 0.1) is 0 Å². The van der Waals surface area contributed by atoms with Crippen LogP contribution < -0.4 is 10.6 Å². The van der Waals surface area contributed by atoms with Gasteiger partial charge in [0.2, 0.25) is 0 Å². The van der Waals surface area contributed by atoms with Gasteiger partial charge in [-0.15, -0.1) is 0 Å². The maximum absolute atomic E-state index is 11.9. The summed E-state index contributed by atoms with van der Waals surface area (Å²) in [7, 11) is 3.22. The maximum Gasteiger partial charge on any atom is 0.328 e. The highest BCUT2D eigenvalue weighted by Crippen LogP contribution is 2.07. The Kier molecular flexibility index (Phi) is 6.04. The number of nitrogens with one attached hydrogen (secondary N) is 2. The first-order chi connectivity index (χ1) is 9.43. The third-order valence-corrected chi connectivity index (χ3v) is 2.76. The molecule has 1 fully saturated rings. The average molecular weight is 288 g/mol. The number of amides is 4. The summed E-state index contributed by atoms with van der Waals surface area (Å²) in [5, 5.41) is 14.2.